The molecule has 1 unspecified atom stereocenters. The summed E-state index contributed by atoms with van der Waals surface area (Å²) in [4.78, 5) is 26.7. The predicted octanol–water partition coefficient (Wildman–Crippen LogP) is 4.41. The van der Waals surface area contributed by atoms with Gasteiger partial charge >= 0.3 is 0 Å². The molecule has 3 aromatic rings. The molecule has 1 aromatic heterocycles. The molecule has 29 heavy (non-hydrogen) atoms. The van der Waals surface area contributed by atoms with Crippen LogP contribution >= 0.6 is 11.6 Å². The van der Waals surface area contributed by atoms with Crippen molar-refractivity contribution in [2.45, 2.75) is 12.3 Å². The van der Waals surface area contributed by atoms with Crippen LogP contribution in [0.1, 0.15) is 28.3 Å². The average Bonchev–Trinajstić information content (AvgIpc) is 2.72. The molecule has 1 heterocycles. The van der Waals surface area contributed by atoms with Gasteiger partial charge in [-0.2, -0.15) is 0 Å². The van der Waals surface area contributed by atoms with E-state index in [1.165, 1.54) is 0 Å². The molecule has 1 amide bonds. The molecule has 0 aliphatic rings. The van der Waals surface area contributed by atoms with E-state index in [-0.39, 0.29) is 12.3 Å². The molecule has 0 aliphatic carbocycles. The van der Waals surface area contributed by atoms with Crippen LogP contribution in [-0.4, -0.2) is 23.7 Å². The van der Waals surface area contributed by atoms with Crippen LogP contribution in [0.3, 0.4) is 0 Å². The summed E-state index contributed by atoms with van der Waals surface area (Å²) in [7, 11) is 0. The lowest BCUT2D eigenvalue weighted by Gasteiger charge is -2.20. The number of amides is 1. The average molecular weight is 410 g/mol. The van der Waals surface area contributed by atoms with E-state index in [1.807, 2.05) is 12.1 Å². The Morgan fingerprint density at radius 3 is 2.69 bits per heavy atom. The number of carbonyl (C=O) groups excluding carboxylic acids is 2. The third kappa shape index (κ3) is 5.56. The van der Waals surface area contributed by atoms with Crippen molar-refractivity contribution in [3.63, 3.8) is 0 Å². The van der Waals surface area contributed by atoms with Crippen molar-refractivity contribution in [2.75, 3.05) is 11.9 Å². The van der Waals surface area contributed by atoms with Crippen molar-refractivity contribution in [2.24, 2.45) is 5.73 Å². The lowest BCUT2D eigenvalue weighted by atomic mass is 9.95. The fourth-order valence-corrected chi connectivity index (χ4v) is 3.09. The first-order chi connectivity index (χ1) is 14.1. The molecule has 0 saturated carbocycles. The Kier molecular flexibility index (Phi) is 6.81. The van der Waals surface area contributed by atoms with Crippen molar-refractivity contribution in [1.82, 2.24) is 4.98 Å². The SMILES string of the molecule is NC(=O)c1cccc(NCC(CC=O)c2ccc(Cl)cc2Oc2ccncc2)c1. The van der Waals surface area contributed by atoms with Crippen LogP contribution in [0.15, 0.2) is 67.0 Å². The van der Waals surface area contributed by atoms with Gasteiger partial charge in [0.1, 0.15) is 17.8 Å². The highest BCUT2D eigenvalue weighted by Crippen LogP contribution is 2.34. The number of benzene rings is 2. The zero-order chi connectivity index (χ0) is 20.6. The summed E-state index contributed by atoms with van der Waals surface area (Å²) >= 11 is 6.16. The minimum atomic E-state index is -0.496. The molecule has 3 N–H and O–H groups in total. The van der Waals surface area contributed by atoms with Crippen LogP contribution < -0.4 is 15.8 Å². The smallest absolute Gasteiger partial charge is 0.248 e. The predicted molar refractivity (Wildman–Crippen MR) is 113 cm³/mol. The number of ether oxygens (including phenoxy) is 1. The van der Waals surface area contributed by atoms with E-state index in [0.29, 0.717) is 28.6 Å². The maximum atomic E-state index is 11.4. The highest BCUT2D eigenvalue weighted by molar-refractivity contribution is 6.30. The van der Waals surface area contributed by atoms with Crippen molar-refractivity contribution in [3.05, 3.63) is 83.1 Å². The van der Waals surface area contributed by atoms with Crippen LogP contribution in [-0.2, 0) is 4.79 Å². The Labute approximate surface area is 173 Å². The maximum Gasteiger partial charge on any atom is 0.248 e. The van der Waals surface area contributed by atoms with Crippen molar-refractivity contribution < 1.29 is 14.3 Å². The summed E-state index contributed by atoms with van der Waals surface area (Å²) in [6, 6.07) is 15.7. The largest absolute Gasteiger partial charge is 0.457 e. The summed E-state index contributed by atoms with van der Waals surface area (Å²) in [6.45, 7) is 0.454. The second-order valence-electron chi connectivity index (χ2n) is 6.39. The molecule has 0 radical (unpaired) electrons. The first-order valence-electron chi connectivity index (χ1n) is 9.01. The van der Waals surface area contributed by atoms with E-state index >= 15 is 0 Å². The number of nitrogens with one attached hydrogen (secondary N) is 1. The van der Waals surface area contributed by atoms with Crippen LogP contribution in [0.2, 0.25) is 5.02 Å². The molecule has 1 atom stereocenters. The topological polar surface area (TPSA) is 94.3 Å². The molecule has 2 aromatic carbocycles. The van der Waals surface area contributed by atoms with Gasteiger partial charge in [-0.1, -0.05) is 23.7 Å². The number of primary amides is 1. The molecular formula is C22H20ClN3O3. The zero-order valence-electron chi connectivity index (χ0n) is 15.5. The monoisotopic (exact) mass is 409 g/mol. The first-order valence-corrected chi connectivity index (χ1v) is 9.39. The van der Waals surface area contributed by atoms with E-state index in [4.69, 9.17) is 22.1 Å². The van der Waals surface area contributed by atoms with Crippen LogP contribution in [0.25, 0.3) is 0 Å². The number of rotatable bonds is 9. The molecular weight excluding hydrogens is 390 g/mol. The summed E-state index contributed by atoms with van der Waals surface area (Å²) < 4.78 is 5.99. The van der Waals surface area contributed by atoms with Gasteiger partial charge < -0.3 is 20.6 Å². The van der Waals surface area contributed by atoms with Gasteiger partial charge in [0.15, 0.2) is 0 Å². The summed E-state index contributed by atoms with van der Waals surface area (Å²) in [5.41, 5.74) is 7.33. The number of pyridine rings is 1. The second-order valence-corrected chi connectivity index (χ2v) is 6.83. The number of aldehydes is 1. The maximum absolute atomic E-state index is 11.4. The molecule has 0 aliphatic heterocycles. The Morgan fingerprint density at radius 2 is 1.97 bits per heavy atom. The number of nitrogens with two attached hydrogens (primary N) is 1. The first kappa shape index (κ1) is 20.4. The molecule has 7 heteroatoms. The molecule has 3 rings (SSSR count). The number of halogens is 1. The van der Waals surface area contributed by atoms with E-state index in [9.17, 15) is 9.59 Å². The highest BCUT2D eigenvalue weighted by Gasteiger charge is 2.18. The van der Waals surface area contributed by atoms with Gasteiger partial charge in [-0.25, -0.2) is 0 Å². The van der Waals surface area contributed by atoms with E-state index in [1.54, 1.807) is 54.9 Å². The molecule has 148 valence electrons. The van der Waals surface area contributed by atoms with E-state index < -0.39 is 5.91 Å². The lowest BCUT2D eigenvalue weighted by molar-refractivity contribution is -0.108. The minimum Gasteiger partial charge on any atom is -0.457 e. The second kappa shape index (κ2) is 9.71. The molecule has 0 bridgehead atoms. The normalized spacial score (nSPS) is 11.5. The summed E-state index contributed by atoms with van der Waals surface area (Å²) in [5, 5.41) is 3.80. The number of carbonyl (C=O) groups is 2. The molecule has 6 nitrogen and oxygen atoms in total. The van der Waals surface area contributed by atoms with E-state index in [0.717, 1.165) is 17.5 Å². The van der Waals surface area contributed by atoms with Crippen molar-refractivity contribution >= 4 is 29.5 Å². The highest BCUT2D eigenvalue weighted by atomic mass is 35.5. The van der Waals surface area contributed by atoms with Crippen LogP contribution in [0, 0.1) is 0 Å². The van der Waals surface area contributed by atoms with E-state index in [2.05, 4.69) is 10.3 Å². The van der Waals surface area contributed by atoms with Gasteiger partial charge in [-0.15, -0.1) is 0 Å². The van der Waals surface area contributed by atoms with Gasteiger partial charge in [-0.05, 0) is 42.5 Å². The Hall–Kier alpha value is -3.38. The number of hydrogen-bond donors (Lipinski definition) is 2. The Morgan fingerprint density at radius 1 is 1.17 bits per heavy atom. The van der Waals surface area contributed by atoms with Crippen LogP contribution in [0.4, 0.5) is 5.69 Å². The van der Waals surface area contributed by atoms with Crippen molar-refractivity contribution in [3.8, 4) is 11.5 Å². The number of anilines is 1. The summed E-state index contributed by atoms with van der Waals surface area (Å²) in [5.74, 6) is 0.529. The standard InChI is InChI=1S/C22H20ClN3O3/c23-17-4-5-20(21(13-17)29-19-6-9-25-10-7-19)16(8-11-27)14-26-18-3-1-2-15(12-18)22(24)28/h1-7,9-13,16,26H,8,14H2,(H2,24,28). The quantitative estimate of drug-likeness (QED) is 0.510. The van der Waals surface area contributed by atoms with Gasteiger partial charge in [0, 0.05) is 53.1 Å². The fourth-order valence-electron chi connectivity index (χ4n) is 2.93. The number of hydrogen-bond acceptors (Lipinski definition) is 5. The Bertz CT molecular complexity index is 996. The summed E-state index contributed by atoms with van der Waals surface area (Å²) in [6.07, 6.45) is 4.43. The third-order valence-electron chi connectivity index (χ3n) is 4.37. The van der Waals surface area contributed by atoms with Gasteiger partial charge in [-0.3, -0.25) is 9.78 Å². The molecule has 0 saturated heterocycles. The minimum absolute atomic E-state index is 0.168. The molecule has 0 spiro atoms. The lowest BCUT2D eigenvalue weighted by Crippen LogP contribution is -2.15. The zero-order valence-corrected chi connectivity index (χ0v) is 16.3. The van der Waals surface area contributed by atoms with Gasteiger partial charge in [0.05, 0.1) is 0 Å². The fraction of sp³-hybridized carbons (Fsp3) is 0.136. The van der Waals surface area contributed by atoms with Gasteiger partial charge in [0.2, 0.25) is 5.91 Å². The Balaban J connectivity index is 1.84. The third-order valence-corrected chi connectivity index (χ3v) is 4.61. The van der Waals surface area contributed by atoms with Crippen LogP contribution in [0.5, 0.6) is 11.5 Å². The number of aromatic nitrogens is 1. The number of nitrogens with zero attached hydrogens (tertiary/aromatic N) is 1. The van der Waals surface area contributed by atoms with Gasteiger partial charge in [0.25, 0.3) is 0 Å². The van der Waals surface area contributed by atoms with Crippen molar-refractivity contribution in [1.29, 1.82) is 0 Å². The molecule has 0 fully saturated rings.